The van der Waals surface area contributed by atoms with Gasteiger partial charge in [0.1, 0.15) is 5.82 Å². The molecule has 1 fully saturated rings. The van der Waals surface area contributed by atoms with Crippen molar-refractivity contribution in [3.8, 4) is 0 Å². The van der Waals surface area contributed by atoms with E-state index in [0.717, 1.165) is 24.0 Å². The predicted octanol–water partition coefficient (Wildman–Crippen LogP) is 3.31. The third-order valence-electron chi connectivity index (χ3n) is 5.04. The molecule has 2 aliphatic heterocycles. The van der Waals surface area contributed by atoms with Gasteiger partial charge in [0, 0.05) is 49.7 Å². The van der Waals surface area contributed by atoms with Crippen molar-refractivity contribution in [2.45, 2.75) is 18.9 Å². The van der Waals surface area contributed by atoms with Gasteiger partial charge in [0.25, 0.3) is 0 Å². The molecular formula is C19H19ClFN3O2S. The number of thiophene rings is 1. The number of anilines is 1. The monoisotopic (exact) mass is 407 g/mol. The van der Waals surface area contributed by atoms with Crippen molar-refractivity contribution in [1.29, 1.82) is 0 Å². The predicted molar refractivity (Wildman–Crippen MR) is 104 cm³/mol. The summed E-state index contributed by atoms with van der Waals surface area (Å²) in [5.74, 6) is -1.28. The van der Waals surface area contributed by atoms with Crippen molar-refractivity contribution in [2.24, 2.45) is 0 Å². The fourth-order valence-corrected chi connectivity index (χ4v) is 4.79. The molecule has 2 aliphatic rings. The number of rotatable bonds is 3. The number of benzene rings is 1. The Morgan fingerprint density at radius 3 is 2.70 bits per heavy atom. The van der Waals surface area contributed by atoms with Gasteiger partial charge in [-0.25, -0.2) is 4.39 Å². The number of carbonyl (C=O) groups excluding carboxylic acids is 2. The molecule has 142 valence electrons. The molecule has 1 N–H and O–H groups in total. The van der Waals surface area contributed by atoms with Crippen molar-refractivity contribution in [3.05, 3.63) is 50.9 Å². The highest BCUT2D eigenvalue weighted by Crippen LogP contribution is 2.34. The van der Waals surface area contributed by atoms with Crippen LogP contribution in [0.5, 0.6) is 0 Å². The van der Waals surface area contributed by atoms with Gasteiger partial charge in [-0.05, 0) is 29.8 Å². The average Bonchev–Trinajstić information content (AvgIpc) is 3.05. The molecule has 0 radical (unpaired) electrons. The second kappa shape index (κ2) is 7.58. The molecule has 27 heavy (non-hydrogen) atoms. The van der Waals surface area contributed by atoms with E-state index in [4.69, 9.17) is 11.6 Å². The molecule has 8 heteroatoms. The van der Waals surface area contributed by atoms with Crippen LogP contribution in [0.3, 0.4) is 0 Å². The van der Waals surface area contributed by atoms with E-state index in [2.05, 4.69) is 10.2 Å². The molecule has 0 bridgehead atoms. The second-order valence-electron chi connectivity index (χ2n) is 6.84. The third-order valence-corrected chi connectivity index (χ3v) is 6.26. The number of halogens is 2. The van der Waals surface area contributed by atoms with Gasteiger partial charge >= 0.3 is 0 Å². The first-order valence-corrected chi connectivity index (χ1v) is 10.0. The average molecular weight is 408 g/mol. The molecule has 2 aromatic rings. The molecule has 5 nitrogen and oxygen atoms in total. The maximum absolute atomic E-state index is 13.5. The van der Waals surface area contributed by atoms with Crippen LogP contribution in [0.4, 0.5) is 10.1 Å². The molecular weight excluding hydrogens is 389 g/mol. The molecule has 0 aliphatic carbocycles. The Balaban J connectivity index is 1.41. The number of amides is 2. The lowest BCUT2D eigenvalue weighted by Crippen LogP contribution is -2.50. The van der Waals surface area contributed by atoms with Crippen LogP contribution in [-0.4, -0.2) is 47.8 Å². The highest BCUT2D eigenvalue weighted by atomic mass is 35.5. The SMILES string of the molecule is O=C1CC(C(=O)N2CCN(Cc3ccc(Cl)s3)CC2)c2ccc(F)cc2N1. The molecule has 1 aromatic heterocycles. The minimum absolute atomic E-state index is 0.0588. The number of nitrogens with one attached hydrogen (secondary N) is 1. The van der Waals surface area contributed by atoms with E-state index in [9.17, 15) is 14.0 Å². The largest absolute Gasteiger partial charge is 0.340 e. The Kier molecular flexibility index (Phi) is 5.16. The molecule has 3 heterocycles. The number of nitrogens with zero attached hydrogens (tertiary/aromatic N) is 2. The van der Waals surface area contributed by atoms with Crippen LogP contribution < -0.4 is 5.32 Å². The fourth-order valence-electron chi connectivity index (χ4n) is 3.66. The van der Waals surface area contributed by atoms with Gasteiger partial charge in [0.2, 0.25) is 11.8 Å². The van der Waals surface area contributed by atoms with Crippen LogP contribution in [-0.2, 0) is 16.1 Å². The number of carbonyl (C=O) groups is 2. The minimum atomic E-state index is -0.544. The Morgan fingerprint density at radius 2 is 2.00 bits per heavy atom. The van der Waals surface area contributed by atoms with E-state index in [1.165, 1.54) is 17.0 Å². The zero-order valence-electron chi connectivity index (χ0n) is 14.6. The number of piperazine rings is 1. The standard InChI is InChI=1S/C19H19ClFN3O2S/c20-17-4-2-13(27-17)11-23-5-7-24(8-6-23)19(26)15-10-18(25)22-16-9-12(21)1-3-14(15)16/h1-4,9,15H,5-8,10-11H2,(H,22,25). The van der Waals surface area contributed by atoms with Gasteiger partial charge in [-0.1, -0.05) is 17.7 Å². The summed E-state index contributed by atoms with van der Waals surface area (Å²) in [6.45, 7) is 3.61. The van der Waals surface area contributed by atoms with Crippen molar-refractivity contribution >= 4 is 40.4 Å². The summed E-state index contributed by atoms with van der Waals surface area (Å²) in [5.41, 5.74) is 1.09. The topological polar surface area (TPSA) is 52.7 Å². The van der Waals surface area contributed by atoms with Crippen molar-refractivity contribution in [1.82, 2.24) is 9.80 Å². The van der Waals surface area contributed by atoms with Crippen LogP contribution >= 0.6 is 22.9 Å². The lowest BCUT2D eigenvalue weighted by Gasteiger charge is -2.37. The lowest BCUT2D eigenvalue weighted by atomic mass is 9.89. The minimum Gasteiger partial charge on any atom is -0.340 e. The lowest BCUT2D eigenvalue weighted by molar-refractivity contribution is -0.136. The van der Waals surface area contributed by atoms with Crippen molar-refractivity contribution < 1.29 is 14.0 Å². The zero-order chi connectivity index (χ0) is 19.0. The maximum atomic E-state index is 13.5. The van der Waals surface area contributed by atoms with E-state index in [1.807, 2.05) is 17.0 Å². The third kappa shape index (κ3) is 4.00. The van der Waals surface area contributed by atoms with Crippen LogP contribution in [0, 0.1) is 5.82 Å². The van der Waals surface area contributed by atoms with Crippen LogP contribution in [0.2, 0.25) is 4.34 Å². The number of fused-ring (bicyclic) bond motifs is 1. The van der Waals surface area contributed by atoms with Gasteiger partial charge < -0.3 is 10.2 Å². The normalized spacial score (nSPS) is 20.3. The zero-order valence-corrected chi connectivity index (χ0v) is 16.2. The van der Waals surface area contributed by atoms with E-state index in [-0.39, 0.29) is 18.2 Å². The van der Waals surface area contributed by atoms with E-state index < -0.39 is 11.7 Å². The summed E-state index contributed by atoms with van der Waals surface area (Å²) >= 11 is 7.56. The highest BCUT2D eigenvalue weighted by Gasteiger charge is 2.34. The Morgan fingerprint density at radius 1 is 1.22 bits per heavy atom. The second-order valence-corrected chi connectivity index (χ2v) is 8.64. The van der Waals surface area contributed by atoms with Crippen LogP contribution in [0.1, 0.15) is 22.8 Å². The van der Waals surface area contributed by atoms with Gasteiger partial charge in [-0.15, -0.1) is 11.3 Å². The summed E-state index contributed by atoms with van der Waals surface area (Å²) in [5, 5.41) is 2.66. The van der Waals surface area contributed by atoms with E-state index >= 15 is 0 Å². The summed E-state index contributed by atoms with van der Waals surface area (Å²) in [7, 11) is 0. The molecule has 1 saturated heterocycles. The van der Waals surface area contributed by atoms with E-state index in [1.54, 1.807) is 17.4 Å². The maximum Gasteiger partial charge on any atom is 0.230 e. The number of hydrogen-bond donors (Lipinski definition) is 1. The van der Waals surface area contributed by atoms with Crippen molar-refractivity contribution in [2.75, 3.05) is 31.5 Å². The summed E-state index contributed by atoms with van der Waals surface area (Å²) < 4.78 is 14.3. The van der Waals surface area contributed by atoms with E-state index in [0.29, 0.717) is 24.3 Å². The fraction of sp³-hybridized carbons (Fsp3) is 0.368. The van der Waals surface area contributed by atoms with Gasteiger partial charge in [-0.3, -0.25) is 14.5 Å². The number of hydrogen-bond acceptors (Lipinski definition) is 4. The summed E-state index contributed by atoms with van der Waals surface area (Å²) in [6, 6.07) is 8.14. The molecule has 2 amide bonds. The summed E-state index contributed by atoms with van der Waals surface area (Å²) in [4.78, 5) is 30.3. The first kappa shape index (κ1) is 18.4. The summed E-state index contributed by atoms with van der Waals surface area (Å²) in [6.07, 6.45) is 0.103. The smallest absolute Gasteiger partial charge is 0.230 e. The van der Waals surface area contributed by atoms with Gasteiger partial charge in [0.15, 0.2) is 0 Å². The van der Waals surface area contributed by atoms with Crippen molar-refractivity contribution in [3.63, 3.8) is 0 Å². The van der Waals surface area contributed by atoms with Crippen LogP contribution in [0.15, 0.2) is 30.3 Å². The molecule has 0 saturated carbocycles. The first-order valence-electron chi connectivity index (χ1n) is 8.84. The Hall–Kier alpha value is -1.96. The Labute approximate surface area is 165 Å². The molecule has 1 aromatic carbocycles. The molecule has 4 rings (SSSR count). The highest BCUT2D eigenvalue weighted by molar-refractivity contribution is 7.16. The van der Waals surface area contributed by atoms with Gasteiger partial charge in [-0.2, -0.15) is 0 Å². The molecule has 1 atom stereocenters. The van der Waals surface area contributed by atoms with Gasteiger partial charge in [0.05, 0.1) is 10.3 Å². The first-order chi connectivity index (χ1) is 13.0. The Bertz CT molecular complexity index is 880. The molecule has 1 unspecified atom stereocenters. The van der Waals surface area contributed by atoms with Crippen LogP contribution in [0.25, 0.3) is 0 Å². The molecule has 0 spiro atoms. The quantitative estimate of drug-likeness (QED) is 0.849.